The summed E-state index contributed by atoms with van der Waals surface area (Å²) in [6.07, 6.45) is -4.43. The van der Waals surface area contributed by atoms with E-state index < -0.39 is 31.0 Å². The summed E-state index contributed by atoms with van der Waals surface area (Å²) in [5.41, 5.74) is 5.04. The zero-order valence-electron chi connectivity index (χ0n) is 7.08. The van der Waals surface area contributed by atoms with Crippen molar-refractivity contribution in [2.24, 2.45) is 5.73 Å². The fourth-order valence-corrected chi connectivity index (χ4v) is 0.644. The molecule has 0 aromatic rings. The van der Waals surface area contributed by atoms with Crippen molar-refractivity contribution in [2.75, 3.05) is 6.61 Å². The van der Waals surface area contributed by atoms with Gasteiger partial charge in [0.1, 0.15) is 24.6 Å². The Labute approximate surface area is 75.4 Å². The number of carbonyl (C=O) groups is 1. The molecule has 0 aliphatic rings. The number of carbonyl (C=O) groups excluding carboxylic acids is 1. The van der Waals surface area contributed by atoms with Crippen molar-refractivity contribution in [2.45, 2.75) is 24.4 Å². The Morgan fingerprint density at radius 3 is 2.00 bits per heavy atom. The number of nitrogens with two attached hydrogens (primary N) is 1. The van der Waals surface area contributed by atoms with Gasteiger partial charge >= 0.3 is 0 Å². The molecule has 80 valence electrons. The van der Waals surface area contributed by atoms with Crippen LogP contribution in [-0.4, -0.2) is 57.7 Å². The van der Waals surface area contributed by atoms with Crippen LogP contribution in [0.25, 0.3) is 0 Å². The van der Waals surface area contributed by atoms with Crippen molar-refractivity contribution in [3.8, 4) is 0 Å². The molecule has 0 bridgehead atoms. The Morgan fingerprint density at radius 1 is 1.23 bits per heavy atom. The van der Waals surface area contributed by atoms with Crippen molar-refractivity contribution in [3.63, 3.8) is 0 Å². The zero-order chi connectivity index (χ0) is 9.72. The molecular formula is C6H16N2O5. The number of aldehydes is 1. The highest BCUT2D eigenvalue weighted by molar-refractivity contribution is 5.58. The largest absolute Gasteiger partial charge is 0.394 e. The van der Waals surface area contributed by atoms with Gasteiger partial charge in [-0.3, -0.25) is 0 Å². The summed E-state index contributed by atoms with van der Waals surface area (Å²) in [5.74, 6) is 0. The highest BCUT2D eigenvalue weighted by Crippen LogP contribution is 2.01. The molecule has 0 aromatic heterocycles. The molecule has 0 radical (unpaired) electrons. The predicted octanol–water partition coefficient (Wildman–Crippen LogP) is -3.25. The summed E-state index contributed by atoms with van der Waals surface area (Å²) in [4.78, 5) is 10.0. The maximum absolute atomic E-state index is 10.0. The van der Waals surface area contributed by atoms with Crippen LogP contribution in [0.3, 0.4) is 0 Å². The highest BCUT2D eigenvalue weighted by Gasteiger charge is 2.28. The molecule has 7 nitrogen and oxygen atoms in total. The first-order chi connectivity index (χ1) is 5.54. The van der Waals surface area contributed by atoms with Crippen molar-refractivity contribution >= 4 is 6.29 Å². The molecule has 0 fully saturated rings. The maximum atomic E-state index is 10.0. The molecule has 0 heterocycles. The summed E-state index contributed by atoms with van der Waals surface area (Å²) in [6.45, 7) is -0.705. The van der Waals surface area contributed by atoms with Crippen molar-refractivity contribution < 1.29 is 25.2 Å². The monoisotopic (exact) mass is 196 g/mol. The van der Waals surface area contributed by atoms with E-state index in [0.29, 0.717) is 0 Å². The standard InChI is InChI=1S/C6H13NO5.H3N/c7-3(1-8)5(11)6(12)4(10)2-9;/h1,3-6,9-12H,2,7H2;1H3/t3-,4+,5+,6+;/m0./s1. The first-order valence-electron chi connectivity index (χ1n) is 3.40. The lowest BCUT2D eigenvalue weighted by molar-refractivity contribution is -0.118. The normalized spacial score (nSPS) is 19.5. The molecule has 0 rings (SSSR count). The van der Waals surface area contributed by atoms with Crippen LogP contribution in [-0.2, 0) is 4.79 Å². The van der Waals surface area contributed by atoms with E-state index in [2.05, 4.69) is 0 Å². The molecular weight excluding hydrogens is 180 g/mol. The van der Waals surface area contributed by atoms with Crippen LogP contribution >= 0.6 is 0 Å². The van der Waals surface area contributed by atoms with Gasteiger partial charge in [-0.15, -0.1) is 0 Å². The van der Waals surface area contributed by atoms with Gasteiger partial charge in [-0.2, -0.15) is 0 Å². The SMILES string of the molecule is N.N[C@@H](C=O)[C@@H](O)[C@H](O)[C@H](O)CO. The van der Waals surface area contributed by atoms with E-state index in [-0.39, 0.29) is 12.4 Å². The Morgan fingerprint density at radius 2 is 1.69 bits per heavy atom. The third kappa shape index (κ3) is 4.27. The second-order valence-corrected chi connectivity index (χ2v) is 2.44. The summed E-state index contributed by atoms with van der Waals surface area (Å²) >= 11 is 0. The van der Waals surface area contributed by atoms with E-state index in [0.717, 1.165) is 0 Å². The van der Waals surface area contributed by atoms with Gasteiger partial charge in [0.15, 0.2) is 0 Å². The lowest BCUT2D eigenvalue weighted by atomic mass is 10.0. The van der Waals surface area contributed by atoms with Gasteiger partial charge in [0.2, 0.25) is 0 Å². The molecule has 7 heteroatoms. The summed E-state index contributed by atoms with van der Waals surface area (Å²) in [7, 11) is 0. The lowest BCUT2D eigenvalue weighted by Crippen LogP contribution is -2.49. The molecule has 0 aliphatic carbocycles. The van der Waals surface area contributed by atoms with E-state index >= 15 is 0 Å². The van der Waals surface area contributed by atoms with Gasteiger partial charge in [-0.25, -0.2) is 0 Å². The van der Waals surface area contributed by atoms with Crippen LogP contribution in [0.4, 0.5) is 0 Å². The van der Waals surface area contributed by atoms with Crippen LogP contribution in [0, 0.1) is 0 Å². The first-order valence-corrected chi connectivity index (χ1v) is 3.40. The van der Waals surface area contributed by atoms with E-state index in [4.69, 9.17) is 26.2 Å². The smallest absolute Gasteiger partial charge is 0.139 e. The van der Waals surface area contributed by atoms with Gasteiger partial charge in [-0.05, 0) is 0 Å². The minimum Gasteiger partial charge on any atom is -0.394 e. The van der Waals surface area contributed by atoms with E-state index in [1.54, 1.807) is 0 Å². The Hall–Kier alpha value is -0.570. The summed E-state index contributed by atoms with van der Waals surface area (Å²) in [5, 5.41) is 35.2. The molecule has 0 saturated heterocycles. The third-order valence-corrected chi connectivity index (χ3v) is 1.48. The molecule has 0 amide bonds. The molecule has 9 N–H and O–H groups in total. The lowest BCUT2D eigenvalue weighted by Gasteiger charge is -2.23. The third-order valence-electron chi connectivity index (χ3n) is 1.48. The van der Waals surface area contributed by atoms with Gasteiger partial charge in [-0.1, -0.05) is 0 Å². The topological polar surface area (TPSA) is 159 Å². The predicted molar refractivity (Wildman–Crippen MR) is 44.2 cm³/mol. The molecule has 13 heavy (non-hydrogen) atoms. The van der Waals surface area contributed by atoms with Crippen molar-refractivity contribution in [1.82, 2.24) is 6.15 Å². The number of rotatable bonds is 5. The Bertz CT molecular complexity index is 145. The van der Waals surface area contributed by atoms with Crippen LogP contribution in [0.5, 0.6) is 0 Å². The average molecular weight is 196 g/mol. The van der Waals surface area contributed by atoms with Gasteiger partial charge in [0.05, 0.1) is 12.6 Å². The molecule has 0 spiro atoms. The fraction of sp³-hybridized carbons (Fsp3) is 0.833. The van der Waals surface area contributed by atoms with Crippen LogP contribution in [0.1, 0.15) is 0 Å². The first kappa shape index (κ1) is 14.9. The number of aliphatic hydroxyl groups excluding tert-OH is 4. The molecule has 0 unspecified atom stereocenters. The number of hydrogen-bond acceptors (Lipinski definition) is 7. The van der Waals surface area contributed by atoms with Crippen LogP contribution in [0.2, 0.25) is 0 Å². The minimum atomic E-state index is -1.62. The number of aliphatic hydroxyl groups is 4. The second kappa shape index (κ2) is 6.89. The van der Waals surface area contributed by atoms with Gasteiger partial charge in [0, 0.05) is 0 Å². The van der Waals surface area contributed by atoms with Crippen LogP contribution < -0.4 is 11.9 Å². The van der Waals surface area contributed by atoms with Crippen LogP contribution in [0.15, 0.2) is 0 Å². The zero-order valence-corrected chi connectivity index (χ0v) is 7.08. The van der Waals surface area contributed by atoms with E-state index in [1.165, 1.54) is 0 Å². The quantitative estimate of drug-likeness (QED) is 0.252. The fourth-order valence-electron chi connectivity index (χ4n) is 0.644. The van der Waals surface area contributed by atoms with Crippen molar-refractivity contribution in [3.05, 3.63) is 0 Å². The number of hydrogen-bond donors (Lipinski definition) is 6. The molecule has 4 atom stereocenters. The van der Waals surface area contributed by atoms with E-state index in [9.17, 15) is 4.79 Å². The maximum Gasteiger partial charge on any atom is 0.139 e. The average Bonchev–Trinajstić information content (AvgIpc) is 2.12. The minimum absolute atomic E-state index is 0. The van der Waals surface area contributed by atoms with Crippen molar-refractivity contribution in [1.29, 1.82) is 0 Å². The molecule has 0 saturated carbocycles. The summed E-state index contributed by atoms with van der Waals surface area (Å²) < 4.78 is 0. The van der Waals surface area contributed by atoms with Gasteiger partial charge < -0.3 is 37.1 Å². The molecule has 0 aromatic carbocycles. The Balaban J connectivity index is 0. The second-order valence-electron chi connectivity index (χ2n) is 2.44. The Kier molecular flexibility index (Phi) is 7.92. The van der Waals surface area contributed by atoms with Gasteiger partial charge in [0.25, 0.3) is 0 Å². The van der Waals surface area contributed by atoms with E-state index in [1.807, 2.05) is 0 Å². The summed E-state index contributed by atoms with van der Waals surface area (Å²) in [6, 6.07) is -1.26. The molecule has 0 aliphatic heterocycles. The highest BCUT2D eigenvalue weighted by atomic mass is 16.4.